The van der Waals surface area contributed by atoms with E-state index in [9.17, 15) is 4.79 Å². The molecule has 0 N–H and O–H groups in total. The van der Waals surface area contributed by atoms with Crippen LogP contribution >= 0.6 is 0 Å². The van der Waals surface area contributed by atoms with Crippen LogP contribution in [0.4, 0.5) is 0 Å². The number of nitrogens with zero attached hydrogens (tertiary/aromatic N) is 1. The molecule has 1 aliphatic carbocycles. The van der Waals surface area contributed by atoms with E-state index in [4.69, 9.17) is 4.74 Å². The summed E-state index contributed by atoms with van der Waals surface area (Å²) < 4.78 is 8.05. The Balaban J connectivity index is 1.79. The Morgan fingerprint density at radius 3 is 3.17 bits per heavy atom. The van der Waals surface area contributed by atoms with Crippen LogP contribution in [-0.2, 0) is 17.7 Å². The minimum absolute atomic E-state index is 0.324. The lowest BCUT2D eigenvalue weighted by molar-refractivity contribution is 0.0832. The molecule has 0 bridgehead atoms. The van der Waals surface area contributed by atoms with E-state index in [1.165, 1.54) is 5.69 Å². The molecule has 0 saturated carbocycles. The van der Waals surface area contributed by atoms with Gasteiger partial charge in [0.2, 0.25) is 0 Å². The van der Waals surface area contributed by atoms with Crippen LogP contribution in [0.5, 0.6) is 0 Å². The van der Waals surface area contributed by atoms with Crippen LogP contribution in [0.1, 0.15) is 48.7 Å². The summed E-state index contributed by atoms with van der Waals surface area (Å²) in [4.78, 5) is 11.8. The SMILES string of the molecule is CCC1OCCC1Cn1ccc2c1CCCC2=O. The lowest BCUT2D eigenvalue weighted by Crippen LogP contribution is -2.22. The van der Waals surface area contributed by atoms with Crippen molar-refractivity contribution >= 4 is 5.78 Å². The number of ether oxygens (including phenoxy) is 1. The Labute approximate surface area is 108 Å². The highest BCUT2D eigenvalue weighted by molar-refractivity contribution is 5.98. The van der Waals surface area contributed by atoms with Gasteiger partial charge in [-0.1, -0.05) is 6.92 Å². The Morgan fingerprint density at radius 2 is 2.33 bits per heavy atom. The molecule has 1 aliphatic heterocycles. The zero-order chi connectivity index (χ0) is 12.5. The molecule has 1 aromatic heterocycles. The quantitative estimate of drug-likeness (QED) is 0.822. The first-order valence-corrected chi connectivity index (χ1v) is 7.12. The van der Waals surface area contributed by atoms with Crippen molar-refractivity contribution in [3.05, 3.63) is 23.5 Å². The molecule has 0 amide bonds. The number of carbonyl (C=O) groups is 1. The number of rotatable bonds is 3. The van der Waals surface area contributed by atoms with Gasteiger partial charge in [-0.15, -0.1) is 0 Å². The number of hydrogen-bond acceptors (Lipinski definition) is 2. The summed E-state index contributed by atoms with van der Waals surface area (Å²) in [6.45, 7) is 4.10. The molecule has 2 atom stereocenters. The number of hydrogen-bond donors (Lipinski definition) is 0. The first-order valence-electron chi connectivity index (χ1n) is 7.12. The van der Waals surface area contributed by atoms with Gasteiger partial charge in [0.1, 0.15) is 0 Å². The molecule has 0 radical (unpaired) electrons. The molecule has 2 heterocycles. The second-order valence-electron chi connectivity index (χ2n) is 5.47. The van der Waals surface area contributed by atoms with Crippen molar-refractivity contribution in [1.82, 2.24) is 4.57 Å². The Morgan fingerprint density at radius 1 is 1.44 bits per heavy atom. The highest BCUT2D eigenvalue weighted by atomic mass is 16.5. The molecule has 2 aliphatic rings. The highest BCUT2D eigenvalue weighted by Crippen LogP contribution is 2.28. The monoisotopic (exact) mass is 247 g/mol. The fraction of sp³-hybridized carbons (Fsp3) is 0.667. The van der Waals surface area contributed by atoms with Crippen molar-refractivity contribution in [2.24, 2.45) is 5.92 Å². The number of carbonyl (C=O) groups excluding carboxylic acids is 1. The molecule has 3 rings (SSSR count). The van der Waals surface area contributed by atoms with Crippen LogP contribution < -0.4 is 0 Å². The molecule has 3 nitrogen and oxygen atoms in total. The molecule has 1 fully saturated rings. The topological polar surface area (TPSA) is 31.2 Å². The van der Waals surface area contributed by atoms with Gasteiger partial charge >= 0.3 is 0 Å². The van der Waals surface area contributed by atoms with Crippen LogP contribution in [0.15, 0.2) is 12.3 Å². The van der Waals surface area contributed by atoms with Gasteiger partial charge < -0.3 is 9.30 Å². The second-order valence-corrected chi connectivity index (χ2v) is 5.47. The van der Waals surface area contributed by atoms with E-state index in [1.54, 1.807) is 0 Å². The number of aromatic nitrogens is 1. The van der Waals surface area contributed by atoms with Gasteiger partial charge in [-0.3, -0.25) is 4.79 Å². The molecule has 3 heteroatoms. The van der Waals surface area contributed by atoms with Gasteiger partial charge in [0, 0.05) is 42.9 Å². The van der Waals surface area contributed by atoms with E-state index < -0.39 is 0 Å². The predicted octanol–water partition coefficient (Wildman–Crippen LogP) is 2.82. The number of fused-ring (bicyclic) bond motifs is 1. The average molecular weight is 247 g/mol. The number of Topliss-reactive ketones (excluding diaryl/α,β-unsaturated/α-hetero) is 1. The fourth-order valence-electron chi connectivity index (χ4n) is 3.37. The molecular formula is C15H21NO2. The normalized spacial score (nSPS) is 27.5. The van der Waals surface area contributed by atoms with E-state index in [-0.39, 0.29) is 0 Å². The summed E-state index contributed by atoms with van der Waals surface area (Å²) >= 11 is 0. The third-order valence-corrected chi connectivity index (χ3v) is 4.38. The van der Waals surface area contributed by atoms with Gasteiger partial charge in [-0.05, 0) is 31.7 Å². The zero-order valence-corrected chi connectivity index (χ0v) is 11.0. The second kappa shape index (κ2) is 4.88. The summed E-state index contributed by atoms with van der Waals surface area (Å²) in [6.07, 6.45) is 7.53. The standard InChI is InChI=1S/C15H21NO2/c1-2-15-11(7-9-18-15)10-16-8-6-12-13(16)4-3-5-14(12)17/h6,8,11,15H,2-5,7,9-10H2,1H3. The molecular weight excluding hydrogens is 226 g/mol. The minimum Gasteiger partial charge on any atom is -0.378 e. The molecule has 1 aromatic rings. The third kappa shape index (κ3) is 2.01. The van der Waals surface area contributed by atoms with Gasteiger partial charge in [0.05, 0.1) is 6.10 Å². The first kappa shape index (κ1) is 12.0. The zero-order valence-electron chi connectivity index (χ0n) is 11.0. The van der Waals surface area contributed by atoms with Gasteiger partial charge in [-0.2, -0.15) is 0 Å². The van der Waals surface area contributed by atoms with Crippen LogP contribution in [0.3, 0.4) is 0 Å². The van der Waals surface area contributed by atoms with Gasteiger partial charge in [0.25, 0.3) is 0 Å². The van der Waals surface area contributed by atoms with Gasteiger partial charge in [-0.25, -0.2) is 0 Å². The first-order chi connectivity index (χ1) is 8.79. The van der Waals surface area contributed by atoms with Crippen LogP contribution in [-0.4, -0.2) is 23.1 Å². The van der Waals surface area contributed by atoms with E-state index in [0.717, 1.165) is 50.8 Å². The lowest BCUT2D eigenvalue weighted by atomic mass is 9.96. The van der Waals surface area contributed by atoms with E-state index in [0.29, 0.717) is 17.8 Å². The molecule has 98 valence electrons. The van der Waals surface area contributed by atoms with E-state index >= 15 is 0 Å². The molecule has 1 saturated heterocycles. The maximum atomic E-state index is 11.8. The van der Waals surface area contributed by atoms with Crippen LogP contribution in [0, 0.1) is 5.92 Å². The minimum atomic E-state index is 0.324. The maximum Gasteiger partial charge on any atom is 0.164 e. The molecule has 0 spiro atoms. The number of ketones is 1. The van der Waals surface area contributed by atoms with Crippen LogP contribution in [0.2, 0.25) is 0 Å². The highest BCUT2D eigenvalue weighted by Gasteiger charge is 2.28. The summed E-state index contributed by atoms with van der Waals surface area (Å²) in [5, 5.41) is 0. The molecule has 18 heavy (non-hydrogen) atoms. The predicted molar refractivity (Wildman–Crippen MR) is 69.8 cm³/mol. The largest absolute Gasteiger partial charge is 0.378 e. The third-order valence-electron chi connectivity index (χ3n) is 4.38. The van der Waals surface area contributed by atoms with Crippen LogP contribution in [0.25, 0.3) is 0 Å². The Kier molecular flexibility index (Phi) is 3.25. The van der Waals surface area contributed by atoms with Crippen molar-refractivity contribution in [2.75, 3.05) is 6.61 Å². The Bertz CT molecular complexity index is 449. The van der Waals surface area contributed by atoms with E-state index in [1.807, 2.05) is 6.07 Å². The average Bonchev–Trinajstić information content (AvgIpc) is 2.98. The summed E-state index contributed by atoms with van der Waals surface area (Å²) in [5.74, 6) is 0.938. The molecule has 0 aromatic carbocycles. The van der Waals surface area contributed by atoms with Crippen molar-refractivity contribution in [2.45, 2.75) is 51.7 Å². The maximum absolute atomic E-state index is 11.8. The summed E-state index contributed by atoms with van der Waals surface area (Å²) in [5.41, 5.74) is 2.22. The van der Waals surface area contributed by atoms with Crippen molar-refractivity contribution in [1.29, 1.82) is 0 Å². The molecule has 2 unspecified atom stereocenters. The summed E-state index contributed by atoms with van der Waals surface area (Å²) in [7, 11) is 0. The lowest BCUT2D eigenvalue weighted by Gasteiger charge is -2.21. The van der Waals surface area contributed by atoms with Crippen molar-refractivity contribution in [3.63, 3.8) is 0 Å². The van der Waals surface area contributed by atoms with Gasteiger partial charge in [0.15, 0.2) is 5.78 Å². The van der Waals surface area contributed by atoms with Crippen molar-refractivity contribution < 1.29 is 9.53 Å². The Hall–Kier alpha value is -1.09. The summed E-state index contributed by atoms with van der Waals surface area (Å²) in [6, 6.07) is 2.01. The fourth-order valence-corrected chi connectivity index (χ4v) is 3.37. The van der Waals surface area contributed by atoms with Crippen molar-refractivity contribution in [3.8, 4) is 0 Å². The van der Waals surface area contributed by atoms with E-state index in [2.05, 4.69) is 17.7 Å². The smallest absolute Gasteiger partial charge is 0.164 e.